The number of carbonyl (C=O) groups excluding carboxylic acids is 2. The van der Waals surface area contributed by atoms with Crippen LogP contribution < -0.4 is 0 Å². The normalized spacial score (nSPS) is 15.2. The van der Waals surface area contributed by atoms with Gasteiger partial charge in [-0.05, 0) is 48.5 Å². The van der Waals surface area contributed by atoms with Crippen molar-refractivity contribution in [1.29, 1.82) is 0 Å². The van der Waals surface area contributed by atoms with Crippen LogP contribution in [0.25, 0.3) is 17.4 Å². The number of imide groups is 1. The molecular formula is C23H17NO5S. The van der Waals surface area contributed by atoms with Crippen LogP contribution in [0.1, 0.15) is 27.2 Å². The maximum Gasteiger partial charge on any atom is 0.335 e. The molecule has 1 fully saturated rings. The molecule has 6 nitrogen and oxygen atoms in total. The summed E-state index contributed by atoms with van der Waals surface area (Å²) in [5.74, 6) is -0.373. The Bertz CT molecular complexity index is 1160. The molecule has 7 heteroatoms. The van der Waals surface area contributed by atoms with Gasteiger partial charge in [0.05, 0.1) is 17.0 Å². The van der Waals surface area contributed by atoms with E-state index < -0.39 is 5.97 Å². The number of aromatic carboxylic acids is 1. The molecule has 4 rings (SSSR count). The molecule has 30 heavy (non-hydrogen) atoms. The Morgan fingerprint density at radius 3 is 2.40 bits per heavy atom. The van der Waals surface area contributed by atoms with E-state index in [4.69, 9.17) is 9.52 Å². The Kier molecular flexibility index (Phi) is 5.29. The topological polar surface area (TPSA) is 87.8 Å². The second-order valence-electron chi connectivity index (χ2n) is 6.84. The smallest absolute Gasteiger partial charge is 0.335 e. The van der Waals surface area contributed by atoms with Gasteiger partial charge in [0.1, 0.15) is 11.5 Å². The van der Waals surface area contributed by atoms with Crippen molar-refractivity contribution in [2.45, 2.75) is 13.5 Å². The molecule has 2 aromatic carbocycles. The Morgan fingerprint density at radius 1 is 1.03 bits per heavy atom. The van der Waals surface area contributed by atoms with Gasteiger partial charge in [-0.3, -0.25) is 14.5 Å². The third-order valence-electron chi connectivity index (χ3n) is 4.65. The predicted octanol–water partition coefficient (Wildman–Crippen LogP) is 5.19. The fourth-order valence-corrected chi connectivity index (χ4v) is 3.82. The Labute approximate surface area is 176 Å². The van der Waals surface area contributed by atoms with E-state index in [1.54, 1.807) is 30.3 Å². The van der Waals surface area contributed by atoms with Gasteiger partial charge in [-0.25, -0.2) is 4.79 Å². The lowest BCUT2D eigenvalue weighted by Gasteiger charge is -2.12. The first kappa shape index (κ1) is 19.7. The van der Waals surface area contributed by atoms with Gasteiger partial charge in [0, 0.05) is 11.6 Å². The highest BCUT2D eigenvalue weighted by Gasteiger charge is 2.35. The van der Waals surface area contributed by atoms with E-state index in [1.165, 1.54) is 17.0 Å². The van der Waals surface area contributed by atoms with Crippen LogP contribution in [0.2, 0.25) is 0 Å². The highest BCUT2D eigenvalue weighted by atomic mass is 32.2. The van der Waals surface area contributed by atoms with E-state index in [0.717, 1.165) is 22.9 Å². The average molecular weight is 419 g/mol. The number of amides is 2. The fourth-order valence-electron chi connectivity index (χ4n) is 3.00. The zero-order chi connectivity index (χ0) is 21.3. The molecule has 0 bridgehead atoms. The van der Waals surface area contributed by atoms with Crippen molar-refractivity contribution in [3.05, 3.63) is 88.0 Å². The molecule has 1 aliphatic heterocycles. The van der Waals surface area contributed by atoms with E-state index in [-0.39, 0.29) is 23.3 Å². The number of nitrogens with zero attached hydrogens (tertiary/aromatic N) is 1. The van der Waals surface area contributed by atoms with Crippen molar-refractivity contribution in [3.63, 3.8) is 0 Å². The number of carboxylic acids is 1. The predicted molar refractivity (Wildman–Crippen MR) is 114 cm³/mol. The summed E-state index contributed by atoms with van der Waals surface area (Å²) in [6, 6.07) is 17.4. The van der Waals surface area contributed by atoms with Crippen molar-refractivity contribution in [3.8, 4) is 11.3 Å². The summed E-state index contributed by atoms with van der Waals surface area (Å²) < 4.78 is 5.76. The summed E-state index contributed by atoms with van der Waals surface area (Å²) in [5, 5.41) is 8.67. The van der Waals surface area contributed by atoms with Crippen LogP contribution in [0.15, 0.2) is 70.0 Å². The number of benzene rings is 2. The average Bonchev–Trinajstić information content (AvgIpc) is 3.30. The standard InChI is InChI=1S/C23H17NO5S/c1-14-2-4-15(5-3-14)13-24-21(25)20(30-23(24)28)12-18-10-11-19(29-18)16-6-8-17(9-7-16)22(26)27/h2-12H,13H2,1H3,(H,26,27)/b20-12-. The molecule has 0 atom stereocenters. The quantitative estimate of drug-likeness (QED) is 0.573. The number of hydrogen-bond donors (Lipinski definition) is 1. The lowest BCUT2D eigenvalue weighted by molar-refractivity contribution is -0.123. The fraction of sp³-hybridized carbons (Fsp3) is 0.0870. The van der Waals surface area contributed by atoms with Crippen LogP contribution in [0, 0.1) is 6.92 Å². The number of thioether (sulfide) groups is 1. The molecule has 150 valence electrons. The third kappa shape index (κ3) is 4.06. The van der Waals surface area contributed by atoms with Crippen LogP contribution in [0.5, 0.6) is 0 Å². The minimum Gasteiger partial charge on any atom is -0.478 e. The Morgan fingerprint density at radius 2 is 1.73 bits per heavy atom. The first-order valence-electron chi connectivity index (χ1n) is 9.15. The summed E-state index contributed by atoms with van der Waals surface area (Å²) in [6.45, 7) is 2.20. The van der Waals surface area contributed by atoms with Gasteiger partial charge in [-0.2, -0.15) is 0 Å². The second kappa shape index (κ2) is 8.04. The van der Waals surface area contributed by atoms with Crippen LogP contribution in [-0.4, -0.2) is 27.1 Å². The number of carboxylic acid groups (broad SMARTS) is 1. The van der Waals surface area contributed by atoms with Crippen molar-refractivity contribution < 1.29 is 23.9 Å². The minimum absolute atomic E-state index is 0.188. The van der Waals surface area contributed by atoms with Crippen molar-refractivity contribution in [2.24, 2.45) is 0 Å². The number of aryl methyl sites for hydroxylation is 1. The number of rotatable bonds is 5. The van der Waals surface area contributed by atoms with Gasteiger partial charge < -0.3 is 9.52 Å². The molecule has 1 aromatic heterocycles. The van der Waals surface area contributed by atoms with E-state index in [2.05, 4.69) is 0 Å². The monoisotopic (exact) mass is 419 g/mol. The van der Waals surface area contributed by atoms with Gasteiger partial charge in [0.25, 0.3) is 11.1 Å². The zero-order valence-electron chi connectivity index (χ0n) is 16.0. The SMILES string of the molecule is Cc1ccc(CN2C(=O)S/C(=C\c3ccc(-c4ccc(C(=O)O)cc4)o3)C2=O)cc1. The summed E-state index contributed by atoms with van der Waals surface area (Å²) in [4.78, 5) is 37.5. The van der Waals surface area contributed by atoms with Gasteiger partial charge >= 0.3 is 5.97 Å². The lowest BCUT2D eigenvalue weighted by atomic mass is 10.1. The molecule has 1 N–H and O–H groups in total. The molecule has 0 spiro atoms. The van der Waals surface area contributed by atoms with Crippen molar-refractivity contribution in [2.75, 3.05) is 0 Å². The van der Waals surface area contributed by atoms with E-state index in [1.807, 2.05) is 31.2 Å². The molecule has 0 saturated carbocycles. The van der Waals surface area contributed by atoms with Crippen LogP contribution in [0.3, 0.4) is 0 Å². The summed E-state index contributed by atoms with van der Waals surface area (Å²) in [5.41, 5.74) is 2.90. The van der Waals surface area contributed by atoms with Crippen LogP contribution >= 0.6 is 11.8 Å². The molecular weight excluding hydrogens is 402 g/mol. The first-order chi connectivity index (χ1) is 14.4. The maximum absolute atomic E-state index is 12.7. The number of hydrogen-bond acceptors (Lipinski definition) is 5. The summed E-state index contributed by atoms with van der Waals surface area (Å²) in [7, 11) is 0. The summed E-state index contributed by atoms with van der Waals surface area (Å²) in [6.07, 6.45) is 1.55. The van der Waals surface area contributed by atoms with Gasteiger partial charge in [-0.15, -0.1) is 0 Å². The van der Waals surface area contributed by atoms with Gasteiger partial charge in [0.15, 0.2) is 0 Å². The molecule has 0 radical (unpaired) electrons. The molecule has 0 unspecified atom stereocenters. The second-order valence-corrected chi connectivity index (χ2v) is 7.83. The Balaban J connectivity index is 1.51. The van der Waals surface area contributed by atoms with Gasteiger partial charge in [-0.1, -0.05) is 42.0 Å². The largest absolute Gasteiger partial charge is 0.478 e. The van der Waals surface area contributed by atoms with E-state index >= 15 is 0 Å². The maximum atomic E-state index is 12.7. The lowest BCUT2D eigenvalue weighted by Crippen LogP contribution is -2.27. The third-order valence-corrected chi connectivity index (χ3v) is 5.56. The molecule has 0 aliphatic carbocycles. The summed E-state index contributed by atoms with van der Waals surface area (Å²) >= 11 is 0.883. The molecule has 2 heterocycles. The molecule has 2 amide bonds. The highest BCUT2D eigenvalue weighted by Crippen LogP contribution is 2.34. The van der Waals surface area contributed by atoms with E-state index in [9.17, 15) is 14.4 Å². The number of furan rings is 1. The molecule has 1 aliphatic rings. The van der Waals surface area contributed by atoms with Crippen molar-refractivity contribution >= 4 is 35.0 Å². The number of carbonyl (C=O) groups is 3. The van der Waals surface area contributed by atoms with Gasteiger partial charge in [0.2, 0.25) is 0 Å². The minimum atomic E-state index is -0.997. The van der Waals surface area contributed by atoms with E-state index in [0.29, 0.717) is 22.0 Å². The highest BCUT2D eigenvalue weighted by molar-refractivity contribution is 8.18. The Hall–Kier alpha value is -3.58. The van der Waals surface area contributed by atoms with Crippen LogP contribution in [0.4, 0.5) is 4.79 Å². The molecule has 1 saturated heterocycles. The van der Waals surface area contributed by atoms with Crippen molar-refractivity contribution in [1.82, 2.24) is 4.90 Å². The molecule has 3 aromatic rings. The van der Waals surface area contributed by atoms with Crippen LogP contribution in [-0.2, 0) is 11.3 Å². The zero-order valence-corrected chi connectivity index (χ0v) is 16.8. The first-order valence-corrected chi connectivity index (χ1v) is 9.97.